The Bertz CT molecular complexity index is 397. The van der Waals surface area contributed by atoms with Crippen LogP contribution in [0.5, 0.6) is 0 Å². The molecule has 0 bridgehead atoms. The first-order valence-electron chi connectivity index (χ1n) is 6.76. The third-order valence-corrected chi connectivity index (χ3v) is 3.71. The third kappa shape index (κ3) is 3.56. The van der Waals surface area contributed by atoms with Gasteiger partial charge < -0.3 is 10.2 Å². The molecule has 0 radical (unpaired) electrons. The van der Waals surface area contributed by atoms with Crippen molar-refractivity contribution in [2.45, 2.75) is 32.4 Å². The highest BCUT2D eigenvalue weighted by atomic mass is 15.1. The Morgan fingerprint density at radius 1 is 1.28 bits per heavy atom. The fourth-order valence-electron chi connectivity index (χ4n) is 2.41. The van der Waals surface area contributed by atoms with Gasteiger partial charge in [0.1, 0.15) is 0 Å². The number of hydrogen-bond acceptors (Lipinski definition) is 3. The molecule has 0 spiro atoms. The van der Waals surface area contributed by atoms with E-state index in [9.17, 15) is 0 Å². The van der Waals surface area contributed by atoms with E-state index in [1.807, 2.05) is 24.3 Å². The molecule has 1 fully saturated rings. The van der Waals surface area contributed by atoms with E-state index in [-0.39, 0.29) is 0 Å². The lowest BCUT2D eigenvalue weighted by molar-refractivity contribution is 0.206. The predicted octanol–water partition coefficient (Wildman–Crippen LogP) is 2.13. The van der Waals surface area contributed by atoms with Gasteiger partial charge in [-0.05, 0) is 50.2 Å². The first kappa shape index (κ1) is 13.1. The molecule has 1 heterocycles. The minimum Gasteiger partial charge on any atom is -0.310 e. The number of benzene rings is 1. The van der Waals surface area contributed by atoms with Crippen molar-refractivity contribution >= 4 is 0 Å². The Kier molecular flexibility index (Phi) is 4.74. The minimum absolute atomic E-state index is 0.642. The van der Waals surface area contributed by atoms with E-state index >= 15 is 0 Å². The summed E-state index contributed by atoms with van der Waals surface area (Å²) < 4.78 is 0. The van der Waals surface area contributed by atoms with E-state index in [4.69, 9.17) is 5.26 Å². The molecule has 1 N–H and O–H groups in total. The molecule has 96 valence electrons. The lowest BCUT2D eigenvalue weighted by Crippen LogP contribution is -2.42. The maximum Gasteiger partial charge on any atom is 0.0991 e. The second kappa shape index (κ2) is 6.53. The van der Waals surface area contributed by atoms with Crippen LogP contribution in [0, 0.1) is 11.3 Å². The van der Waals surface area contributed by atoms with Crippen LogP contribution in [0.4, 0.5) is 0 Å². The highest BCUT2D eigenvalue weighted by Gasteiger charge is 2.16. The van der Waals surface area contributed by atoms with Crippen molar-refractivity contribution in [3.05, 3.63) is 35.4 Å². The summed E-state index contributed by atoms with van der Waals surface area (Å²) in [7, 11) is 0. The maximum absolute atomic E-state index is 8.74. The molecule has 0 aromatic heterocycles. The van der Waals surface area contributed by atoms with Crippen LogP contribution < -0.4 is 5.32 Å². The molecule has 18 heavy (non-hydrogen) atoms. The van der Waals surface area contributed by atoms with Gasteiger partial charge in [0, 0.05) is 12.6 Å². The molecule has 0 saturated carbocycles. The van der Waals surface area contributed by atoms with Gasteiger partial charge in [-0.2, -0.15) is 5.26 Å². The SMILES string of the molecule is CCN1CCC(NCc2ccc(C#N)cc2)CC1. The molecule has 2 rings (SSSR count). The Morgan fingerprint density at radius 2 is 1.94 bits per heavy atom. The zero-order valence-electron chi connectivity index (χ0n) is 11.0. The lowest BCUT2D eigenvalue weighted by Gasteiger charge is -2.31. The molecule has 1 saturated heterocycles. The van der Waals surface area contributed by atoms with E-state index < -0.39 is 0 Å². The standard InChI is InChI=1S/C15H21N3/c1-2-18-9-7-15(8-10-18)17-12-14-5-3-13(11-16)4-6-14/h3-6,15,17H,2,7-10,12H2,1H3. The summed E-state index contributed by atoms with van der Waals surface area (Å²) in [5, 5.41) is 12.4. The van der Waals surface area contributed by atoms with Crippen LogP contribution in [-0.4, -0.2) is 30.6 Å². The molecular formula is C15H21N3. The molecule has 0 atom stereocenters. The van der Waals surface area contributed by atoms with Gasteiger partial charge in [-0.25, -0.2) is 0 Å². The predicted molar refractivity (Wildman–Crippen MR) is 73.1 cm³/mol. The number of likely N-dealkylation sites (tertiary alicyclic amines) is 1. The van der Waals surface area contributed by atoms with Crippen molar-refractivity contribution < 1.29 is 0 Å². The maximum atomic E-state index is 8.74. The summed E-state index contributed by atoms with van der Waals surface area (Å²) in [4.78, 5) is 2.50. The summed E-state index contributed by atoms with van der Waals surface area (Å²) >= 11 is 0. The third-order valence-electron chi connectivity index (χ3n) is 3.71. The van der Waals surface area contributed by atoms with Crippen LogP contribution in [0.25, 0.3) is 0 Å². The number of rotatable bonds is 4. The highest BCUT2D eigenvalue weighted by molar-refractivity contribution is 5.31. The molecule has 0 aliphatic carbocycles. The molecule has 0 amide bonds. The zero-order chi connectivity index (χ0) is 12.8. The molecular weight excluding hydrogens is 222 g/mol. The second-order valence-electron chi connectivity index (χ2n) is 4.90. The summed E-state index contributed by atoms with van der Waals surface area (Å²) in [5.74, 6) is 0. The van der Waals surface area contributed by atoms with Crippen molar-refractivity contribution in [2.24, 2.45) is 0 Å². The molecule has 0 unspecified atom stereocenters. The average Bonchev–Trinajstić information content (AvgIpc) is 2.46. The van der Waals surface area contributed by atoms with E-state index in [1.54, 1.807) is 0 Å². The second-order valence-corrected chi connectivity index (χ2v) is 4.90. The van der Waals surface area contributed by atoms with Gasteiger partial charge in [0.2, 0.25) is 0 Å². The topological polar surface area (TPSA) is 39.1 Å². The fourth-order valence-corrected chi connectivity index (χ4v) is 2.41. The Balaban J connectivity index is 1.76. The fraction of sp³-hybridized carbons (Fsp3) is 0.533. The first-order chi connectivity index (χ1) is 8.81. The van der Waals surface area contributed by atoms with Crippen molar-refractivity contribution in [1.29, 1.82) is 5.26 Å². The number of nitriles is 1. The van der Waals surface area contributed by atoms with Gasteiger partial charge in [0.25, 0.3) is 0 Å². The highest BCUT2D eigenvalue weighted by Crippen LogP contribution is 2.11. The summed E-state index contributed by atoms with van der Waals surface area (Å²) in [6.45, 7) is 6.72. The van der Waals surface area contributed by atoms with Crippen LogP contribution in [-0.2, 0) is 6.54 Å². The minimum atomic E-state index is 0.642. The molecule has 3 heteroatoms. The number of piperidine rings is 1. The molecule has 1 aromatic rings. The smallest absolute Gasteiger partial charge is 0.0991 e. The largest absolute Gasteiger partial charge is 0.310 e. The average molecular weight is 243 g/mol. The summed E-state index contributed by atoms with van der Waals surface area (Å²) in [6.07, 6.45) is 2.48. The van der Waals surface area contributed by atoms with Gasteiger partial charge in [-0.3, -0.25) is 0 Å². The molecule has 1 aliphatic rings. The van der Waals surface area contributed by atoms with Gasteiger partial charge >= 0.3 is 0 Å². The van der Waals surface area contributed by atoms with E-state index in [2.05, 4.69) is 23.2 Å². The zero-order valence-corrected chi connectivity index (χ0v) is 11.0. The monoisotopic (exact) mass is 243 g/mol. The van der Waals surface area contributed by atoms with Crippen molar-refractivity contribution in [3.63, 3.8) is 0 Å². The summed E-state index contributed by atoms with van der Waals surface area (Å²) in [5.41, 5.74) is 1.99. The quantitative estimate of drug-likeness (QED) is 0.880. The first-order valence-corrected chi connectivity index (χ1v) is 6.76. The van der Waals surface area contributed by atoms with Gasteiger partial charge in [0.15, 0.2) is 0 Å². The van der Waals surface area contributed by atoms with Crippen molar-refractivity contribution in [3.8, 4) is 6.07 Å². The van der Waals surface area contributed by atoms with E-state index in [0.29, 0.717) is 6.04 Å². The van der Waals surface area contributed by atoms with Crippen LogP contribution in [0.1, 0.15) is 30.9 Å². The van der Waals surface area contributed by atoms with Gasteiger partial charge in [-0.15, -0.1) is 0 Å². The van der Waals surface area contributed by atoms with E-state index in [1.165, 1.54) is 38.0 Å². The van der Waals surface area contributed by atoms with Crippen LogP contribution in [0.15, 0.2) is 24.3 Å². The van der Waals surface area contributed by atoms with Gasteiger partial charge in [-0.1, -0.05) is 19.1 Å². The van der Waals surface area contributed by atoms with Crippen LogP contribution in [0.2, 0.25) is 0 Å². The Morgan fingerprint density at radius 3 is 2.50 bits per heavy atom. The van der Waals surface area contributed by atoms with Crippen molar-refractivity contribution in [2.75, 3.05) is 19.6 Å². The molecule has 3 nitrogen and oxygen atoms in total. The Hall–Kier alpha value is -1.37. The van der Waals surface area contributed by atoms with E-state index in [0.717, 1.165) is 12.1 Å². The normalized spacial score (nSPS) is 17.6. The molecule has 1 aliphatic heterocycles. The van der Waals surface area contributed by atoms with Crippen LogP contribution in [0.3, 0.4) is 0 Å². The Labute approximate surface area is 109 Å². The van der Waals surface area contributed by atoms with Gasteiger partial charge in [0.05, 0.1) is 11.6 Å². The number of nitrogens with one attached hydrogen (secondary N) is 1. The summed E-state index contributed by atoms with van der Waals surface area (Å²) in [6, 6.07) is 10.6. The lowest BCUT2D eigenvalue weighted by atomic mass is 10.0. The van der Waals surface area contributed by atoms with Crippen molar-refractivity contribution in [1.82, 2.24) is 10.2 Å². The molecule has 1 aromatic carbocycles. The number of hydrogen-bond donors (Lipinski definition) is 1. The van der Waals surface area contributed by atoms with Crippen LogP contribution >= 0.6 is 0 Å². The number of nitrogens with zero attached hydrogens (tertiary/aromatic N) is 2.